The average Bonchev–Trinajstić information content (AvgIpc) is 2.61. The molecule has 1 unspecified atom stereocenters. The quantitative estimate of drug-likeness (QED) is 0.760. The van der Waals surface area contributed by atoms with Crippen molar-refractivity contribution in [3.63, 3.8) is 0 Å². The molecule has 26 heavy (non-hydrogen) atoms. The highest BCUT2D eigenvalue weighted by molar-refractivity contribution is 5.89. The number of hydrogen-bond donors (Lipinski definition) is 2. The first kappa shape index (κ1) is 19.5. The van der Waals surface area contributed by atoms with E-state index in [2.05, 4.69) is 5.32 Å². The molecule has 0 aliphatic rings. The number of aliphatic hydroxyl groups excluding tert-OH is 1. The van der Waals surface area contributed by atoms with Crippen LogP contribution in [0.15, 0.2) is 48.5 Å². The Morgan fingerprint density at radius 3 is 2.42 bits per heavy atom. The van der Waals surface area contributed by atoms with Gasteiger partial charge in [0, 0.05) is 19.2 Å². The molecule has 0 saturated heterocycles. The van der Waals surface area contributed by atoms with E-state index in [9.17, 15) is 14.7 Å². The predicted octanol–water partition coefficient (Wildman–Crippen LogP) is 2.61. The lowest BCUT2D eigenvalue weighted by molar-refractivity contribution is -0.124. The molecule has 0 spiro atoms. The van der Waals surface area contributed by atoms with Crippen LogP contribution < -0.4 is 15.0 Å². The van der Waals surface area contributed by atoms with Crippen LogP contribution in [0.25, 0.3) is 0 Å². The standard InChI is InChI=1S/C20H24N2O4/c1-14(23)19(25)13-22(12-16-7-5-4-6-8-16)18-11-17(21-15(2)24)9-10-20(18)26-3/h4-11,19,25H,12-13H2,1-3H3,(H,21,24). The Bertz CT molecular complexity index is 762. The fourth-order valence-electron chi connectivity index (χ4n) is 2.61. The van der Waals surface area contributed by atoms with E-state index in [0.717, 1.165) is 5.56 Å². The summed E-state index contributed by atoms with van der Waals surface area (Å²) >= 11 is 0. The zero-order valence-electron chi connectivity index (χ0n) is 15.2. The topological polar surface area (TPSA) is 78.9 Å². The number of hydrogen-bond acceptors (Lipinski definition) is 5. The highest BCUT2D eigenvalue weighted by Gasteiger charge is 2.20. The van der Waals surface area contributed by atoms with E-state index in [1.165, 1.54) is 13.8 Å². The van der Waals surface area contributed by atoms with E-state index in [1.54, 1.807) is 25.3 Å². The molecule has 0 saturated carbocycles. The number of rotatable bonds is 8. The summed E-state index contributed by atoms with van der Waals surface area (Å²) in [6.07, 6.45) is -1.12. The SMILES string of the molecule is COc1ccc(NC(C)=O)cc1N(Cc1ccccc1)CC(O)C(C)=O. The monoisotopic (exact) mass is 356 g/mol. The molecule has 2 aromatic carbocycles. The van der Waals surface area contributed by atoms with Gasteiger partial charge in [0.05, 0.1) is 19.3 Å². The first-order valence-corrected chi connectivity index (χ1v) is 8.33. The van der Waals surface area contributed by atoms with Crippen LogP contribution in [0.1, 0.15) is 19.4 Å². The van der Waals surface area contributed by atoms with Gasteiger partial charge in [0.1, 0.15) is 11.9 Å². The van der Waals surface area contributed by atoms with Crippen LogP contribution in [0.2, 0.25) is 0 Å². The molecule has 2 rings (SSSR count). The van der Waals surface area contributed by atoms with Crippen LogP contribution in [0.4, 0.5) is 11.4 Å². The number of amides is 1. The summed E-state index contributed by atoms with van der Waals surface area (Å²) in [6.45, 7) is 3.39. The zero-order chi connectivity index (χ0) is 19.1. The molecule has 0 aliphatic heterocycles. The molecule has 0 aromatic heterocycles. The van der Waals surface area contributed by atoms with Crippen LogP contribution in [-0.2, 0) is 16.1 Å². The molecule has 2 N–H and O–H groups in total. The molecular weight excluding hydrogens is 332 g/mol. The highest BCUT2D eigenvalue weighted by atomic mass is 16.5. The number of carbonyl (C=O) groups is 2. The Balaban J connectivity index is 2.41. The summed E-state index contributed by atoms with van der Waals surface area (Å²) in [5.41, 5.74) is 2.32. The van der Waals surface area contributed by atoms with Gasteiger partial charge < -0.3 is 20.1 Å². The number of methoxy groups -OCH3 is 1. The molecule has 1 amide bonds. The molecule has 0 heterocycles. The van der Waals surface area contributed by atoms with Gasteiger partial charge >= 0.3 is 0 Å². The third-order valence-electron chi connectivity index (χ3n) is 3.92. The Hall–Kier alpha value is -2.86. The Labute approximate surface area is 153 Å². The van der Waals surface area contributed by atoms with Gasteiger partial charge in [0.2, 0.25) is 5.91 Å². The fourth-order valence-corrected chi connectivity index (χ4v) is 2.61. The summed E-state index contributed by atoms with van der Waals surface area (Å²) in [7, 11) is 1.55. The molecular formula is C20H24N2O4. The number of anilines is 2. The number of carbonyl (C=O) groups excluding carboxylic acids is 2. The molecule has 0 bridgehead atoms. The maximum absolute atomic E-state index is 11.6. The molecule has 0 fully saturated rings. The van der Waals surface area contributed by atoms with E-state index in [-0.39, 0.29) is 18.2 Å². The number of aliphatic hydroxyl groups is 1. The smallest absolute Gasteiger partial charge is 0.221 e. The average molecular weight is 356 g/mol. The van der Waals surface area contributed by atoms with Crippen molar-refractivity contribution in [3.8, 4) is 5.75 Å². The minimum Gasteiger partial charge on any atom is -0.495 e. The highest BCUT2D eigenvalue weighted by Crippen LogP contribution is 2.32. The Morgan fingerprint density at radius 2 is 1.85 bits per heavy atom. The second-order valence-electron chi connectivity index (χ2n) is 6.06. The van der Waals surface area contributed by atoms with Gasteiger partial charge in [-0.05, 0) is 30.7 Å². The van der Waals surface area contributed by atoms with Gasteiger partial charge in [-0.2, -0.15) is 0 Å². The third kappa shape index (κ3) is 5.32. The van der Waals surface area contributed by atoms with Gasteiger partial charge in [-0.15, -0.1) is 0 Å². The lowest BCUT2D eigenvalue weighted by Gasteiger charge is -2.28. The lowest BCUT2D eigenvalue weighted by atomic mass is 10.1. The molecule has 6 nitrogen and oxygen atoms in total. The van der Waals surface area contributed by atoms with Crippen molar-refractivity contribution in [1.82, 2.24) is 0 Å². The molecule has 138 valence electrons. The fraction of sp³-hybridized carbons (Fsp3) is 0.300. The van der Waals surface area contributed by atoms with Crippen molar-refractivity contribution < 1.29 is 19.4 Å². The van der Waals surface area contributed by atoms with Crippen molar-refractivity contribution in [1.29, 1.82) is 0 Å². The number of Topliss-reactive ketones (excluding diaryl/α,β-unsaturated/α-hetero) is 1. The summed E-state index contributed by atoms with van der Waals surface area (Å²) in [6, 6.07) is 15.0. The number of ether oxygens (including phenoxy) is 1. The molecule has 6 heteroatoms. The summed E-state index contributed by atoms with van der Waals surface area (Å²) in [4.78, 5) is 24.8. The van der Waals surface area contributed by atoms with E-state index >= 15 is 0 Å². The van der Waals surface area contributed by atoms with Crippen LogP contribution in [0.3, 0.4) is 0 Å². The second kappa shape index (κ2) is 9.01. The van der Waals surface area contributed by atoms with E-state index in [0.29, 0.717) is 23.7 Å². The van der Waals surface area contributed by atoms with Gasteiger partial charge in [0.15, 0.2) is 5.78 Å². The summed E-state index contributed by atoms with van der Waals surface area (Å²) in [5, 5.41) is 12.9. The van der Waals surface area contributed by atoms with Crippen molar-refractivity contribution >= 4 is 23.1 Å². The van der Waals surface area contributed by atoms with Crippen LogP contribution in [0.5, 0.6) is 5.75 Å². The molecule has 0 radical (unpaired) electrons. The van der Waals surface area contributed by atoms with Crippen LogP contribution in [0, 0.1) is 0 Å². The molecule has 1 atom stereocenters. The molecule has 0 aliphatic carbocycles. The summed E-state index contributed by atoms with van der Waals surface area (Å²) < 4.78 is 5.45. The predicted molar refractivity (Wildman–Crippen MR) is 101 cm³/mol. The summed E-state index contributed by atoms with van der Waals surface area (Å²) in [5.74, 6) is 0.102. The third-order valence-corrected chi connectivity index (χ3v) is 3.92. The van der Waals surface area contributed by atoms with Crippen molar-refractivity contribution in [2.75, 3.05) is 23.9 Å². The van der Waals surface area contributed by atoms with Gasteiger partial charge in [-0.3, -0.25) is 9.59 Å². The maximum Gasteiger partial charge on any atom is 0.221 e. The van der Waals surface area contributed by atoms with Gasteiger partial charge in [-0.1, -0.05) is 30.3 Å². The molecule has 2 aromatic rings. The minimum absolute atomic E-state index is 0.115. The first-order valence-electron chi connectivity index (χ1n) is 8.33. The van der Waals surface area contributed by atoms with Crippen molar-refractivity contribution in [2.45, 2.75) is 26.5 Å². The van der Waals surface area contributed by atoms with Crippen molar-refractivity contribution in [2.24, 2.45) is 0 Å². The van der Waals surface area contributed by atoms with E-state index < -0.39 is 6.10 Å². The Kier molecular flexibility index (Phi) is 6.74. The van der Waals surface area contributed by atoms with E-state index in [4.69, 9.17) is 4.74 Å². The maximum atomic E-state index is 11.6. The minimum atomic E-state index is -1.12. The van der Waals surface area contributed by atoms with Crippen LogP contribution >= 0.6 is 0 Å². The second-order valence-corrected chi connectivity index (χ2v) is 6.06. The number of benzene rings is 2. The first-order chi connectivity index (χ1) is 12.4. The van der Waals surface area contributed by atoms with Gasteiger partial charge in [-0.25, -0.2) is 0 Å². The van der Waals surface area contributed by atoms with Crippen molar-refractivity contribution in [3.05, 3.63) is 54.1 Å². The normalized spacial score (nSPS) is 11.5. The number of nitrogens with zero attached hydrogens (tertiary/aromatic N) is 1. The Morgan fingerprint density at radius 1 is 1.15 bits per heavy atom. The largest absolute Gasteiger partial charge is 0.495 e. The number of nitrogens with one attached hydrogen (secondary N) is 1. The number of ketones is 1. The van der Waals surface area contributed by atoms with E-state index in [1.807, 2.05) is 35.2 Å². The van der Waals surface area contributed by atoms with Gasteiger partial charge in [0.25, 0.3) is 0 Å². The van der Waals surface area contributed by atoms with Crippen LogP contribution in [-0.4, -0.2) is 36.6 Å². The lowest BCUT2D eigenvalue weighted by Crippen LogP contribution is -2.36. The zero-order valence-corrected chi connectivity index (χ0v) is 15.2.